The molecule has 0 fully saturated rings. The van der Waals surface area contributed by atoms with Crippen LogP contribution in [0.1, 0.15) is 51.5 Å². The molecule has 2 aliphatic rings. The molecule has 1 aliphatic heterocycles. The minimum atomic E-state index is -4.40. The molecule has 0 saturated heterocycles. The second-order valence-electron chi connectivity index (χ2n) is 8.47. The third kappa shape index (κ3) is 5.48. The molecule has 0 radical (unpaired) electrons. The lowest BCUT2D eigenvalue weighted by Gasteiger charge is -2.17. The van der Waals surface area contributed by atoms with Gasteiger partial charge in [0.1, 0.15) is 12.4 Å². The molecule has 8 heteroatoms. The summed E-state index contributed by atoms with van der Waals surface area (Å²) in [6.07, 6.45) is -1.04. The van der Waals surface area contributed by atoms with Crippen LogP contribution >= 0.6 is 0 Å². The second kappa shape index (κ2) is 9.82. The Morgan fingerprint density at radius 1 is 1.03 bits per heavy atom. The van der Waals surface area contributed by atoms with Crippen molar-refractivity contribution >= 4 is 17.6 Å². The highest BCUT2D eigenvalue weighted by Crippen LogP contribution is 2.34. The Kier molecular flexibility index (Phi) is 6.82. The van der Waals surface area contributed by atoms with Gasteiger partial charge in [0, 0.05) is 18.2 Å². The van der Waals surface area contributed by atoms with E-state index in [2.05, 4.69) is 12.1 Å². The molecule has 0 spiro atoms. The second-order valence-corrected chi connectivity index (χ2v) is 8.47. The van der Waals surface area contributed by atoms with Crippen LogP contribution in [-0.2, 0) is 37.0 Å². The minimum Gasteiger partial charge on any atom is -0.489 e. The molecular weight excluding hydrogens is 459 g/mol. The van der Waals surface area contributed by atoms with Gasteiger partial charge >= 0.3 is 6.18 Å². The fraction of sp³-hybridized carbons (Fsp3) is 0.259. The predicted molar refractivity (Wildman–Crippen MR) is 125 cm³/mol. The summed E-state index contributed by atoms with van der Waals surface area (Å²) in [5.74, 6) is -0.240. The molecule has 5 rings (SSSR count). The van der Waals surface area contributed by atoms with E-state index >= 15 is 0 Å². The molecule has 1 N–H and O–H groups in total. The van der Waals surface area contributed by atoms with Crippen LogP contribution in [0.3, 0.4) is 0 Å². The lowest BCUT2D eigenvalue weighted by molar-refractivity contribution is -0.137. The summed E-state index contributed by atoms with van der Waals surface area (Å²) in [6.45, 7) is 1.72. The van der Waals surface area contributed by atoms with Gasteiger partial charge in [-0.1, -0.05) is 18.2 Å². The highest BCUT2D eigenvalue weighted by atomic mass is 19.4. The summed E-state index contributed by atoms with van der Waals surface area (Å²) in [5, 5.41) is 7.42. The van der Waals surface area contributed by atoms with Crippen LogP contribution in [0.4, 0.5) is 18.9 Å². The van der Waals surface area contributed by atoms with E-state index in [1.165, 1.54) is 34.6 Å². The molecule has 0 saturated carbocycles. The van der Waals surface area contributed by atoms with Crippen LogP contribution in [0.2, 0.25) is 0 Å². The smallest absolute Gasteiger partial charge is 0.416 e. The number of carbonyl (C=O) groups is 2. The third-order valence-corrected chi connectivity index (χ3v) is 6.04. The average Bonchev–Trinajstić information content (AvgIpc) is 3.41. The number of halogens is 3. The number of carboxylic acid groups (broad SMARTS) is 1. The third-order valence-electron chi connectivity index (χ3n) is 6.04. The van der Waals surface area contributed by atoms with Gasteiger partial charge < -0.3 is 14.7 Å². The van der Waals surface area contributed by atoms with Gasteiger partial charge in [-0.25, -0.2) is 0 Å². The number of aliphatic carboxylic acids is 1. The molecule has 182 valence electrons. The fourth-order valence-corrected chi connectivity index (χ4v) is 4.37. The standard InChI is InChI=1S/C25H20F3NO2.C2H4O2/c26-25(27,28)19-8-10-20(11-9-19)29-14-23-18(5-2-6-22(23)24(29)30)15-31-21-12-7-16-3-1-4-17(16)13-21;1-2(3)4/h2,5-13H,1,3-4,14-15H2;1H3,(H,3,4). The quantitative estimate of drug-likeness (QED) is 0.493. The first-order chi connectivity index (χ1) is 16.6. The van der Waals surface area contributed by atoms with E-state index in [0.717, 1.165) is 48.8 Å². The van der Waals surface area contributed by atoms with Gasteiger partial charge in [0.15, 0.2) is 0 Å². The highest BCUT2D eigenvalue weighted by Gasteiger charge is 2.33. The van der Waals surface area contributed by atoms with Gasteiger partial charge in [0.25, 0.3) is 11.9 Å². The van der Waals surface area contributed by atoms with Crippen molar-refractivity contribution in [1.29, 1.82) is 0 Å². The molecule has 1 aliphatic carbocycles. The molecule has 1 heterocycles. The predicted octanol–water partition coefficient (Wildman–Crippen LogP) is 6.02. The van der Waals surface area contributed by atoms with E-state index in [1.54, 1.807) is 6.07 Å². The maximum Gasteiger partial charge on any atom is 0.416 e. The zero-order chi connectivity index (χ0) is 25.2. The number of fused-ring (bicyclic) bond motifs is 2. The van der Waals surface area contributed by atoms with Crippen molar-refractivity contribution in [3.63, 3.8) is 0 Å². The van der Waals surface area contributed by atoms with Crippen LogP contribution in [0, 0.1) is 0 Å². The molecule has 0 bridgehead atoms. The maximum atomic E-state index is 12.9. The largest absolute Gasteiger partial charge is 0.489 e. The minimum absolute atomic E-state index is 0.214. The zero-order valence-electron chi connectivity index (χ0n) is 19.1. The molecular formula is C27H24F3NO4. The fourth-order valence-electron chi connectivity index (χ4n) is 4.37. The monoisotopic (exact) mass is 483 g/mol. The van der Waals surface area contributed by atoms with E-state index < -0.39 is 17.7 Å². The first-order valence-electron chi connectivity index (χ1n) is 11.2. The summed E-state index contributed by atoms with van der Waals surface area (Å²) in [6, 6.07) is 16.4. The number of carbonyl (C=O) groups excluding carboxylic acids is 1. The van der Waals surface area contributed by atoms with Crippen LogP contribution in [0.5, 0.6) is 5.75 Å². The lowest BCUT2D eigenvalue weighted by Crippen LogP contribution is -2.23. The number of anilines is 1. The van der Waals surface area contributed by atoms with Crippen LogP contribution in [0.25, 0.3) is 0 Å². The van der Waals surface area contributed by atoms with Gasteiger partial charge in [0.2, 0.25) is 0 Å². The number of ether oxygens (including phenoxy) is 1. The van der Waals surface area contributed by atoms with Crippen molar-refractivity contribution in [2.75, 3.05) is 4.90 Å². The van der Waals surface area contributed by atoms with Crippen molar-refractivity contribution in [3.8, 4) is 5.75 Å². The summed E-state index contributed by atoms with van der Waals surface area (Å²) < 4.78 is 44.6. The number of carboxylic acids is 1. The highest BCUT2D eigenvalue weighted by molar-refractivity contribution is 6.10. The number of alkyl halides is 3. The summed E-state index contributed by atoms with van der Waals surface area (Å²) in [4.78, 5) is 23.4. The average molecular weight is 483 g/mol. The van der Waals surface area contributed by atoms with Gasteiger partial charge in [-0.2, -0.15) is 13.2 Å². The van der Waals surface area contributed by atoms with Gasteiger partial charge in [-0.3, -0.25) is 9.59 Å². The first-order valence-corrected chi connectivity index (χ1v) is 11.2. The van der Waals surface area contributed by atoms with E-state index in [0.29, 0.717) is 24.4 Å². The Morgan fingerprint density at radius 2 is 1.71 bits per heavy atom. The zero-order valence-corrected chi connectivity index (χ0v) is 19.1. The molecule has 5 nitrogen and oxygen atoms in total. The molecule has 1 amide bonds. The van der Waals surface area contributed by atoms with E-state index in [4.69, 9.17) is 14.6 Å². The van der Waals surface area contributed by atoms with Crippen LogP contribution in [0.15, 0.2) is 60.7 Å². The molecule has 35 heavy (non-hydrogen) atoms. The van der Waals surface area contributed by atoms with Crippen molar-refractivity contribution in [1.82, 2.24) is 0 Å². The van der Waals surface area contributed by atoms with E-state index in [-0.39, 0.29) is 5.91 Å². The number of nitrogens with zero attached hydrogens (tertiary/aromatic N) is 1. The SMILES string of the molecule is CC(=O)O.O=C1c2cccc(COc3ccc4c(c3)CCC4)c2CN1c1ccc(C(F)(F)F)cc1. The summed E-state index contributed by atoms with van der Waals surface area (Å²) in [5.41, 5.74) is 4.75. The van der Waals surface area contributed by atoms with Crippen LogP contribution < -0.4 is 9.64 Å². The number of hydrogen-bond donors (Lipinski definition) is 1. The molecule has 0 unspecified atom stereocenters. The van der Waals surface area contributed by atoms with Gasteiger partial charge in [0.05, 0.1) is 12.1 Å². The summed E-state index contributed by atoms with van der Waals surface area (Å²) >= 11 is 0. The molecule has 3 aromatic rings. The Bertz CT molecular complexity index is 1250. The number of amides is 1. The van der Waals surface area contributed by atoms with E-state index in [1.807, 2.05) is 18.2 Å². The first kappa shape index (κ1) is 24.3. The van der Waals surface area contributed by atoms with Crippen LogP contribution in [-0.4, -0.2) is 17.0 Å². The van der Waals surface area contributed by atoms with Gasteiger partial charge in [-0.05, 0) is 84.0 Å². The van der Waals surface area contributed by atoms with Crippen molar-refractivity contribution in [2.24, 2.45) is 0 Å². The Balaban J connectivity index is 0.000000672. The summed E-state index contributed by atoms with van der Waals surface area (Å²) in [7, 11) is 0. The maximum absolute atomic E-state index is 12.9. The Labute approximate surface area is 200 Å². The number of rotatable bonds is 4. The normalized spacial score (nSPS) is 14.2. The van der Waals surface area contributed by atoms with Gasteiger partial charge in [-0.15, -0.1) is 0 Å². The molecule has 3 aromatic carbocycles. The number of aryl methyl sites for hydroxylation is 2. The Morgan fingerprint density at radius 3 is 2.40 bits per heavy atom. The molecule has 0 aromatic heterocycles. The topological polar surface area (TPSA) is 66.8 Å². The molecule has 0 atom stereocenters. The van der Waals surface area contributed by atoms with E-state index in [9.17, 15) is 18.0 Å². The Hall–Kier alpha value is -3.81. The number of benzene rings is 3. The van der Waals surface area contributed by atoms with Crippen molar-refractivity contribution < 1.29 is 32.6 Å². The van der Waals surface area contributed by atoms with Crippen molar-refractivity contribution in [3.05, 3.63) is 94.0 Å². The van der Waals surface area contributed by atoms with Crippen molar-refractivity contribution in [2.45, 2.75) is 45.5 Å². The number of hydrogen-bond acceptors (Lipinski definition) is 3. The lowest BCUT2D eigenvalue weighted by atomic mass is 10.0.